The topological polar surface area (TPSA) is 40.0 Å². The van der Waals surface area contributed by atoms with Crippen molar-refractivity contribution in [3.8, 4) is 0 Å². The maximum atomic E-state index is 4.37. The van der Waals surface area contributed by atoms with Crippen LogP contribution in [0.25, 0.3) is 0 Å². The van der Waals surface area contributed by atoms with Crippen molar-refractivity contribution < 1.29 is 0 Å². The Hall–Kier alpha value is -1.06. The van der Waals surface area contributed by atoms with Crippen LogP contribution in [-0.2, 0) is 0 Å². The molecule has 68 valence electrons. The van der Waals surface area contributed by atoms with Gasteiger partial charge in [-0.1, -0.05) is 0 Å². The minimum Gasteiger partial charge on any atom is -0.358 e. The minimum atomic E-state index is 0.427. The number of rotatable bonds is 0. The number of hydrazone groups is 1. The third-order valence-electron chi connectivity index (χ3n) is 1.94. The second kappa shape index (κ2) is 3.56. The second-order valence-corrected chi connectivity index (χ2v) is 3.03. The van der Waals surface area contributed by atoms with E-state index in [1.165, 1.54) is 5.71 Å². The Morgan fingerprint density at radius 3 is 2.75 bits per heavy atom. The van der Waals surface area contributed by atoms with Crippen LogP contribution in [0.1, 0.15) is 20.3 Å². The molecule has 0 aromatic heterocycles. The molecule has 0 radical (unpaired) electrons. The monoisotopic (exact) mass is 168 g/mol. The fourth-order valence-corrected chi connectivity index (χ4v) is 1.42. The summed E-state index contributed by atoms with van der Waals surface area (Å²) in [4.78, 5) is 4.10. The predicted molar refractivity (Wildman–Crippen MR) is 51.4 cm³/mol. The third-order valence-corrected chi connectivity index (χ3v) is 1.94. The van der Waals surface area contributed by atoms with Crippen LogP contribution in [0, 0.1) is 0 Å². The number of hydrogen-bond donors (Lipinski definition) is 1. The lowest BCUT2D eigenvalue weighted by Crippen LogP contribution is -2.38. The zero-order valence-corrected chi connectivity index (χ0v) is 8.13. The summed E-state index contributed by atoms with van der Waals surface area (Å²) in [5.41, 5.74) is 1.17. The molecule has 1 rings (SSSR count). The number of hydrogen-bond acceptors (Lipinski definition) is 2. The van der Waals surface area contributed by atoms with Gasteiger partial charge in [0.15, 0.2) is 0 Å². The Balaban J connectivity index is 2.75. The average Bonchev–Trinajstić information content (AvgIpc) is 2.34. The number of nitrogens with zero attached hydrogens (tertiary/aromatic N) is 3. The van der Waals surface area contributed by atoms with Gasteiger partial charge in [0.25, 0.3) is 0 Å². The van der Waals surface area contributed by atoms with Gasteiger partial charge in [0.2, 0.25) is 5.96 Å². The van der Waals surface area contributed by atoms with Crippen LogP contribution >= 0.6 is 0 Å². The van der Waals surface area contributed by atoms with Crippen molar-refractivity contribution in [3.05, 3.63) is 0 Å². The lowest BCUT2D eigenvalue weighted by Gasteiger charge is -2.20. The third kappa shape index (κ3) is 1.57. The number of aliphatic imine (C=N–C) groups is 1. The molecular weight excluding hydrogens is 152 g/mol. The van der Waals surface area contributed by atoms with Crippen LogP contribution in [0.15, 0.2) is 10.1 Å². The molecule has 0 saturated carbocycles. The fourth-order valence-electron chi connectivity index (χ4n) is 1.42. The fraction of sp³-hybridized carbons (Fsp3) is 0.750. The molecule has 1 unspecified atom stereocenters. The van der Waals surface area contributed by atoms with E-state index >= 15 is 0 Å². The Morgan fingerprint density at radius 1 is 1.75 bits per heavy atom. The normalized spacial score (nSPS) is 24.3. The molecule has 1 N–H and O–H groups in total. The van der Waals surface area contributed by atoms with E-state index in [1.54, 1.807) is 7.05 Å². The van der Waals surface area contributed by atoms with E-state index in [2.05, 4.69) is 22.3 Å². The van der Waals surface area contributed by atoms with E-state index in [4.69, 9.17) is 0 Å². The molecule has 4 heteroatoms. The molecule has 0 fully saturated rings. The first kappa shape index (κ1) is 9.03. The van der Waals surface area contributed by atoms with Crippen LogP contribution in [0.4, 0.5) is 0 Å². The van der Waals surface area contributed by atoms with Gasteiger partial charge in [0.05, 0.1) is 6.04 Å². The summed E-state index contributed by atoms with van der Waals surface area (Å²) in [7, 11) is 3.62. The lowest BCUT2D eigenvalue weighted by molar-refractivity contribution is 0.373. The van der Waals surface area contributed by atoms with Gasteiger partial charge in [-0.05, 0) is 13.8 Å². The standard InChI is InChI=1S/C8H16N4/c1-6-5-7(2)12(11-6)8(9-3)10-4/h7H,5H2,1-4H3,(H,9,10). The molecule has 1 atom stereocenters. The first-order chi connectivity index (χ1) is 5.69. The van der Waals surface area contributed by atoms with Crippen LogP contribution < -0.4 is 5.32 Å². The predicted octanol–water partition coefficient (Wildman–Crippen LogP) is 0.662. The summed E-state index contributed by atoms with van der Waals surface area (Å²) in [5, 5.41) is 9.31. The first-order valence-corrected chi connectivity index (χ1v) is 4.17. The molecule has 12 heavy (non-hydrogen) atoms. The van der Waals surface area contributed by atoms with Crippen LogP contribution in [0.3, 0.4) is 0 Å². The van der Waals surface area contributed by atoms with E-state index in [-0.39, 0.29) is 0 Å². The molecule has 0 aromatic rings. The van der Waals surface area contributed by atoms with Gasteiger partial charge in [-0.15, -0.1) is 0 Å². The molecule has 0 bridgehead atoms. The van der Waals surface area contributed by atoms with Crippen molar-refractivity contribution in [1.82, 2.24) is 10.3 Å². The van der Waals surface area contributed by atoms with Gasteiger partial charge in [-0.2, -0.15) is 5.10 Å². The zero-order valence-electron chi connectivity index (χ0n) is 8.13. The zero-order chi connectivity index (χ0) is 9.14. The first-order valence-electron chi connectivity index (χ1n) is 4.17. The Labute approximate surface area is 73.4 Å². The summed E-state index contributed by atoms with van der Waals surface area (Å²) >= 11 is 0. The highest BCUT2D eigenvalue weighted by atomic mass is 15.5. The summed E-state index contributed by atoms with van der Waals surface area (Å²) in [6.07, 6.45) is 1.03. The molecule has 0 aliphatic carbocycles. The molecule has 0 spiro atoms. The molecule has 1 aliphatic rings. The summed E-state index contributed by atoms with van der Waals surface area (Å²) in [5.74, 6) is 0.833. The van der Waals surface area contributed by atoms with Gasteiger partial charge in [-0.3, -0.25) is 4.99 Å². The summed E-state index contributed by atoms with van der Waals surface area (Å²) in [6.45, 7) is 4.18. The van der Waals surface area contributed by atoms with E-state index in [1.807, 2.05) is 19.0 Å². The Morgan fingerprint density at radius 2 is 2.42 bits per heavy atom. The van der Waals surface area contributed by atoms with Crippen LogP contribution in [-0.4, -0.2) is 36.8 Å². The van der Waals surface area contributed by atoms with E-state index in [0.29, 0.717) is 6.04 Å². The largest absolute Gasteiger partial charge is 0.358 e. The van der Waals surface area contributed by atoms with Crippen molar-refractivity contribution >= 4 is 11.7 Å². The molecule has 1 heterocycles. The molecule has 1 aliphatic heterocycles. The lowest BCUT2D eigenvalue weighted by atomic mass is 10.2. The van der Waals surface area contributed by atoms with Gasteiger partial charge in [-0.25, -0.2) is 5.01 Å². The number of nitrogens with one attached hydrogen (secondary N) is 1. The van der Waals surface area contributed by atoms with E-state index < -0.39 is 0 Å². The second-order valence-electron chi connectivity index (χ2n) is 3.03. The van der Waals surface area contributed by atoms with Crippen LogP contribution in [0.5, 0.6) is 0 Å². The van der Waals surface area contributed by atoms with Gasteiger partial charge in [0.1, 0.15) is 0 Å². The van der Waals surface area contributed by atoms with Crippen molar-refractivity contribution in [2.24, 2.45) is 10.1 Å². The van der Waals surface area contributed by atoms with Crippen molar-refractivity contribution in [1.29, 1.82) is 0 Å². The highest BCUT2D eigenvalue weighted by molar-refractivity contribution is 5.89. The molecule has 4 nitrogen and oxygen atoms in total. The average molecular weight is 168 g/mol. The summed E-state index contributed by atoms with van der Waals surface area (Å²) < 4.78 is 0. The highest BCUT2D eigenvalue weighted by Crippen LogP contribution is 2.14. The minimum absolute atomic E-state index is 0.427. The SMILES string of the molecule is C/N=C(/NC)N1N=C(C)CC1C. The Bertz CT molecular complexity index is 219. The van der Waals surface area contributed by atoms with Gasteiger partial charge < -0.3 is 5.32 Å². The molecule has 0 amide bonds. The smallest absolute Gasteiger partial charge is 0.214 e. The van der Waals surface area contributed by atoms with E-state index in [0.717, 1.165) is 12.4 Å². The van der Waals surface area contributed by atoms with Crippen molar-refractivity contribution in [3.63, 3.8) is 0 Å². The van der Waals surface area contributed by atoms with E-state index in [9.17, 15) is 0 Å². The molecule has 0 aromatic carbocycles. The van der Waals surface area contributed by atoms with Crippen molar-refractivity contribution in [2.45, 2.75) is 26.3 Å². The maximum Gasteiger partial charge on any atom is 0.214 e. The Kier molecular flexibility index (Phi) is 2.68. The number of guanidine groups is 1. The quantitative estimate of drug-likeness (QED) is 0.426. The van der Waals surface area contributed by atoms with Gasteiger partial charge in [0, 0.05) is 26.2 Å². The molecular formula is C8H16N4. The highest BCUT2D eigenvalue weighted by Gasteiger charge is 2.23. The summed E-state index contributed by atoms with van der Waals surface area (Å²) in [6, 6.07) is 0.427. The van der Waals surface area contributed by atoms with Crippen molar-refractivity contribution in [2.75, 3.05) is 14.1 Å². The maximum absolute atomic E-state index is 4.37. The van der Waals surface area contributed by atoms with Crippen LogP contribution in [0.2, 0.25) is 0 Å². The molecule has 0 saturated heterocycles. The van der Waals surface area contributed by atoms with Gasteiger partial charge >= 0.3 is 0 Å².